The van der Waals surface area contributed by atoms with Gasteiger partial charge >= 0.3 is 5.97 Å². The monoisotopic (exact) mass is 748 g/mol. The number of fused-ring (bicyclic) bond motifs is 9. The minimum Gasteiger partial charge on any atom is -0.481 e. The van der Waals surface area contributed by atoms with Gasteiger partial charge in [0.2, 0.25) is 0 Å². The largest absolute Gasteiger partial charge is 0.481 e. The lowest BCUT2D eigenvalue weighted by molar-refractivity contribution is -0.175. The molecule has 0 saturated heterocycles. The molecule has 4 N–H and O–H groups in total. The van der Waals surface area contributed by atoms with Gasteiger partial charge in [0.05, 0.1) is 21.5 Å². The number of allylic oxidation sites excluding steroid dienone is 2. The number of carbonyl (C=O) groups is 1. The van der Waals surface area contributed by atoms with Crippen molar-refractivity contribution in [2.75, 3.05) is 5.73 Å². The van der Waals surface area contributed by atoms with Gasteiger partial charge in [0.1, 0.15) is 5.82 Å². The molecule has 0 bridgehead atoms. The second-order valence-electron chi connectivity index (χ2n) is 19.9. The Kier molecular flexibility index (Phi) is 7.39. The summed E-state index contributed by atoms with van der Waals surface area (Å²) in [4.78, 5) is 14.0. The van der Waals surface area contributed by atoms with Crippen LogP contribution in [0.3, 0.4) is 0 Å². The van der Waals surface area contributed by atoms with Crippen molar-refractivity contribution < 1.29 is 18.3 Å². The number of benzene rings is 2. The number of hydrogen-bond acceptors (Lipinski definition) is 5. The Balaban J connectivity index is 1.35. The molecule has 54 heavy (non-hydrogen) atoms. The lowest BCUT2D eigenvalue weighted by Crippen LogP contribution is -2.65. The number of carboxylic acids is 1. The van der Waals surface area contributed by atoms with E-state index in [9.17, 15) is 18.3 Å². The maximum absolute atomic E-state index is 14.5. The lowest BCUT2D eigenvalue weighted by atomic mass is 9.33. The van der Waals surface area contributed by atoms with E-state index in [0.717, 1.165) is 67.2 Å². The zero-order valence-corrected chi connectivity index (χ0v) is 33.7. The third-order valence-corrected chi connectivity index (χ3v) is 18.3. The van der Waals surface area contributed by atoms with Gasteiger partial charge in [-0.3, -0.25) is 9.89 Å². The summed E-state index contributed by atoms with van der Waals surface area (Å²) in [5.41, 5.74) is 11.3. The average molecular weight is 749 g/mol. The van der Waals surface area contributed by atoms with Crippen molar-refractivity contribution in [1.29, 1.82) is 0 Å². The maximum Gasteiger partial charge on any atom is 0.310 e. The lowest BCUT2D eigenvalue weighted by Gasteiger charge is -2.71. The molecule has 0 amide bonds. The summed E-state index contributed by atoms with van der Waals surface area (Å²) in [6.45, 7) is 16.8. The molecule has 5 aliphatic carbocycles. The van der Waals surface area contributed by atoms with Crippen LogP contribution in [0.4, 0.5) is 5.82 Å². The Morgan fingerprint density at radius 2 is 1.59 bits per heavy atom. The minimum absolute atomic E-state index is 0.0192. The van der Waals surface area contributed by atoms with Crippen LogP contribution in [0.25, 0.3) is 16.5 Å². The molecule has 5 aliphatic rings. The van der Waals surface area contributed by atoms with E-state index < -0.39 is 21.4 Å². The van der Waals surface area contributed by atoms with Crippen LogP contribution >= 0.6 is 0 Å². The van der Waals surface area contributed by atoms with Crippen LogP contribution in [0.2, 0.25) is 0 Å². The summed E-state index contributed by atoms with van der Waals surface area (Å²) in [6, 6.07) is 16.6. The normalized spacial score (nSPS) is 35.4. The number of nitrogen functional groups attached to an aromatic ring is 1. The molecule has 7 unspecified atom stereocenters. The van der Waals surface area contributed by atoms with E-state index in [2.05, 4.69) is 59.6 Å². The zero-order chi connectivity index (χ0) is 38.4. The van der Waals surface area contributed by atoms with Gasteiger partial charge in [-0.2, -0.15) is 5.10 Å². The van der Waals surface area contributed by atoms with Gasteiger partial charge in [-0.05, 0) is 121 Å². The van der Waals surface area contributed by atoms with Crippen molar-refractivity contribution in [2.24, 2.45) is 44.8 Å². The number of para-hydroxylation sites is 1. The molecule has 286 valence electrons. The smallest absolute Gasteiger partial charge is 0.310 e. The van der Waals surface area contributed by atoms with E-state index in [0.29, 0.717) is 30.1 Å². The maximum atomic E-state index is 14.5. The molecule has 0 spiro atoms. The van der Waals surface area contributed by atoms with E-state index in [-0.39, 0.29) is 43.8 Å². The zero-order valence-electron chi connectivity index (χ0n) is 32.9. The fraction of sp³-hybridized carbons (Fsp3) is 0.556. The van der Waals surface area contributed by atoms with Crippen LogP contribution in [0, 0.1) is 44.8 Å². The molecule has 0 radical (unpaired) electrons. The average Bonchev–Trinajstić information content (AvgIpc) is 3.69. The predicted molar refractivity (Wildman–Crippen MR) is 213 cm³/mol. The van der Waals surface area contributed by atoms with Gasteiger partial charge in [-0.25, -0.2) is 12.4 Å². The van der Waals surface area contributed by atoms with Crippen LogP contribution in [0.1, 0.15) is 117 Å². The highest BCUT2D eigenvalue weighted by molar-refractivity contribution is 7.90. The molecule has 9 heteroatoms. The van der Waals surface area contributed by atoms with Crippen molar-refractivity contribution in [3.05, 3.63) is 83.2 Å². The van der Waals surface area contributed by atoms with E-state index >= 15 is 0 Å². The second kappa shape index (κ2) is 11.1. The van der Waals surface area contributed by atoms with Crippen LogP contribution in [0.5, 0.6) is 0 Å². The Morgan fingerprint density at radius 3 is 2.31 bits per heavy atom. The topological polar surface area (TPSA) is 131 Å². The van der Waals surface area contributed by atoms with Crippen molar-refractivity contribution in [3.63, 3.8) is 0 Å². The van der Waals surface area contributed by atoms with Gasteiger partial charge in [-0.1, -0.05) is 90.4 Å². The van der Waals surface area contributed by atoms with E-state index in [1.54, 1.807) is 24.3 Å². The molecule has 8 nitrogen and oxygen atoms in total. The summed E-state index contributed by atoms with van der Waals surface area (Å²) in [7, 11) is -3.93. The fourth-order valence-electron chi connectivity index (χ4n) is 13.7. The Hall–Kier alpha value is -3.85. The third-order valence-electron chi connectivity index (χ3n) is 16.7. The van der Waals surface area contributed by atoms with Crippen molar-refractivity contribution in [3.8, 4) is 0 Å². The van der Waals surface area contributed by atoms with Crippen molar-refractivity contribution in [1.82, 2.24) is 14.2 Å². The van der Waals surface area contributed by atoms with Gasteiger partial charge in [0, 0.05) is 28.1 Å². The molecular weight excluding hydrogens is 693 g/mol. The standard InChI is InChI=1S/C45H56N4O4S/c1-40(2)19-21-45(39(50)51)22-20-44(7)36(32(45)25-40)29(31-26-49(33-16-12-11-15-28(31)33)54(52,53)27-13-9-8-10-14-27)23-35-42(5)24-30-37(47-48-38(30)46)41(3,4)34(42)17-18-43(35,44)6/h8-16,26,32,34-35H,17-25H2,1-7H3,(H,50,51)(H3,46,47,48). The number of nitrogens with zero attached hydrogens (tertiary/aromatic N) is 2. The molecule has 3 saturated carbocycles. The highest BCUT2D eigenvalue weighted by atomic mass is 32.2. The minimum atomic E-state index is -3.93. The van der Waals surface area contributed by atoms with Crippen LogP contribution in [0.15, 0.2) is 71.3 Å². The Labute approximate surface area is 320 Å². The number of nitrogens with two attached hydrogens (primary N) is 1. The first-order valence-electron chi connectivity index (χ1n) is 20.0. The molecular formula is C45H56N4O4S. The molecule has 3 fully saturated rings. The number of carboxylic acid groups (broad SMARTS) is 1. The van der Waals surface area contributed by atoms with Gasteiger partial charge < -0.3 is 10.8 Å². The highest BCUT2D eigenvalue weighted by Gasteiger charge is 2.70. The van der Waals surface area contributed by atoms with E-state index in [4.69, 9.17) is 10.8 Å². The molecule has 7 atom stereocenters. The third kappa shape index (κ3) is 4.45. The summed E-state index contributed by atoms with van der Waals surface area (Å²) in [5, 5.41) is 20.1. The summed E-state index contributed by atoms with van der Waals surface area (Å²) >= 11 is 0. The highest BCUT2D eigenvalue weighted by Crippen LogP contribution is 2.77. The second-order valence-corrected chi connectivity index (χ2v) is 21.7. The number of rotatable bonds is 4. The molecule has 2 aromatic carbocycles. The number of anilines is 1. The molecule has 2 heterocycles. The molecule has 2 aromatic heterocycles. The summed E-state index contributed by atoms with van der Waals surface area (Å²) < 4.78 is 30.5. The van der Waals surface area contributed by atoms with Crippen molar-refractivity contribution >= 4 is 38.3 Å². The number of H-pyrrole nitrogens is 1. The quantitative estimate of drug-likeness (QED) is 0.191. The number of hydrogen-bond donors (Lipinski definition) is 3. The van der Waals surface area contributed by atoms with Crippen LogP contribution in [-0.4, -0.2) is 33.7 Å². The van der Waals surface area contributed by atoms with E-state index in [1.165, 1.54) is 15.1 Å². The van der Waals surface area contributed by atoms with Gasteiger partial charge in [0.25, 0.3) is 10.0 Å². The van der Waals surface area contributed by atoms with Gasteiger partial charge in [-0.15, -0.1) is 0 Å². The number of aromatic nitrogens is 3. The summed E-state index contributed by atoms with van der Waals surface area (Å²) in [5.74, 6) is 0.426. The molecule has 9 rings (SSSR count). The SMILES string of the molecule is CC1(C)CCC2(C(=O)O)CCC3(C)C(=C(c4cn(S(=O)(=O)c5ccccc5)c5ccccc45)CC4C5(C)Cc6c(n[nH]c6N)C(C)(C)C5CCC43C)C2C1. The molecule has 4 aromatic rings. The predicted octanol–water partition coefficient (Wildman–Crippen LogP) is 9.61. The van der Waals surface area contributed by atoms with Gasteiger partial charge in [0.15, 0.2) is 0 Å². The fourth-order valence-corrected chi connectivity index (χ4v) is 15.1. The van der Waals surface area contributed by atoms with E-state index in [1.807, 2.05) is 30.5 Å². The molecule has 0 aliphatic heterocycles. The first kappa shape index (κ1) is 35.8. The first-order valence-corrected chi connectivity index (χ1v) is 21.5. The van der Waals surface area contributed by atoms with Crippen LogP contribution in [-0.2, 0) is 26.7 Å². The Bertz CT molecular complexity index is 2370. The Morgan fingerprint density at radius 1 is 0.907 bits per heavy atom. The number of aromatic amines is 1. The van der Waals surface area contributed by atoms with Crippen molar-refractivity contribution in [2.45, 2.75) is 117 Å². The number of aliphatic carboxylic acids is 1. The number of nitrogens with one attached hydrogen (secondary N) is 1. The first-order chi connectivity index (χ1) is 25.3. The summed E-state index contributed by atoms with van der Waals surface area (Å²) in [6.07, 6.45) is 9.38. The van der Waals surface area contributed by atoms with Crippen LogP contribution < -0.4 is 5.73 Å².